The van der Waals surface area contributed by atoms with E-state index in [1.807, 2.05) is 32.3 Å². The van der Waals surface area contributed by atoms with E-state index in [0.717, 1.165) is 12.1 Å². The zero-order valence-electron chi connectivity index (χ0n) is 16.1. The van der Waals surface area contributed by atoms with Crippen molar-refractivity contribution in [2.24, 2.45) is 0 Å². The zero-order chi connectivity index (χ0) is 19.9. The van der Waals surface area contributed by atoms with E-state index >= 15 is 0 Å². The quantitative estimate of drug-likeness (QED) is 0.645. The number of carbonyl (C=O) groups is 1. The Hall–Kier alpha value is -2.99. The Kier molecular flexibility index (Phi) is 6.55. The molecule has 0 bridgehead atoms. The molecule has 3 rings (SSSR count). The highest BCUT2D eigenvalue weighted by Gasteiger charge is 2.12. The van der Waals surface area contributed by atoms with E-state index in [9.17, 15) is 9.18 Å². The van der Waals surface area contributed by atoms with Crippen LogP contribution in [0.25, 0.3) is 11.3 Å². The van der Waals surface area contributed by atoms with Crippen LogP contribution in [0, 0.1) is 5.82 Å². The molecule has 0 radical (unpaired) electrons. The SMILES string of the molecule is CN(C)Cc1ccccc1CNC(=O)CCc1ncc(-c2ccccc2F)o1. The number of nitrogens with one attached hydrogen (secondary N) is 1. The van der Waals surface area contributed by atoms with E-state index < -0.39 is 0 Å². The Bertz CT molecular complexity index is 937. The van der Waals surface area contributed by atoms with Crippen LogP contribution in [0.5, 0.6) is 0 Å². The van der Waals surface area contributed by atoms with Crippen molar-refractivity contribution in [3.8, 4) is 11.3 Å². The molecule has 0 saturated heterocycles. The second kappa shape index (κ2) is 9.28. The lowest BCUT2D eigenvalue weighted by molar-refractivity contribution is -0.121. The number of halogens is 1. The van der Waals surface area contributed by atoms with Crippen molar-refractivity contribution in [1.29, 1.82) is 0 Å². The summed E-state index contributed by atoms with van der Waals surface area (Å²) in [5.74, 6) is 0.345. The Labute approximate surface area is 164 Å². The predicted octanol–water partition coefficient (Wildman–Crippen LogP) is 3.79. The maximum absolute atomic E-state index is 13.8. The Morgan fingerprint density at radius 1 is 1.11 bits per heavy atom. The van der Waals surface area contributed by atoms with E-state index in [4.69, 9.17) is 4.42 Å². The number of amides is 1. The van der Waals surface area contributed by atoms with Crippen LogP contribution in [0.3, 0.4) is 0 Å². The first kappa shape index (κ1) is 19.8. The normalized spacial score (nSPS) is 11.0. The third-order valence-corrected chi connectivity index (χ3v) is 4.34. The molecule has 0 spiro atoms. The molecule has 0 fully saturated rings. The summed E-state index contributed by atoms with van der Waals surface area (Å²) in [7, 11) is 4.03. The Morgan fingerprint density at radius 2 is 1.82 bits per heavy atom. The van der Waals surface area contributed by atoms with E-state index in [0.29, 0.717) is 30.2 Å². The molecule has 146 valence electrons. The molecule has 1 N–H and O–H groups in total. The summed E-state index contributed by atoms with van der Waals surface area (Å²) in [5.41, 5.74) is 2.65. The minimum atomic E-state index is -0.362. The highest BCUT2D eigenvalue weighted by atomic mass is 19.1. The van der Waals surface area contributed by atoms with Crippen molar-refractivity contribution in [2.45, 2.75) is 25.9 Å². The van der Waals surface area contributed by atoms with Gasteiger partial charge in [-0.1, -0.05) is 36.4 Å². The van der Waals surface area contributed by atoms with Crippen LogP contribution in [-0.2, 0) is 24.3 Å². The van der Waals surface area contributed by atoms with Crippen molar-refractivity contribution in [3.05, 3.63) is 77.6 Å². The van der Waals surface area contributed by atoms with Gasteiger partial charge in [-0.2, -0.15) is 0 Å². The minimum Gasteiger partial charge on any atom is -0.441 e. The highest BCUT2D eigenvalue weighted by Crippen LogP contribution is 2.23. The van der Waals surface area contributed by atoms with Gasteiger partial charge in [0.1, 0.15) is 5.82 Å². The van der Waals surface area contributed by atoms with E-state index in [1.165, 1.54) is 17.8 Å². The first-order valence-corrected chi connectivity index (χ1v) is 9.20. The molecule has 0 atom stereocenters. The van der Waals surface area contributed by atoms with Gasteiger partial charge >= 0.3 is 0 Å². The number of aryl methyl sites for hydroxylation is 1. The van der Waals surface area contributed by atoms with Crippen LogP contribution < -0.4 is 5.32 Å². The predicted molar refractivity (Wildman–Crippen MR) is 106 cm³/mol. The summed E-state index contributed by atoms with van der Waals surface area (Å²) in [4.78, 5) is 18.4. The fourth-order valence-electron chi connectivity index (χ4n) is 2.94. The van der Waals surface area contributed by atoms with Gasteiger partial charge in [0, 0.05) is 25.9 Å². The van der Waals surface area contributed by atoms with Crippen LogP contribution in [0.2, 0.25) is 0 Å². The van der Waals surface area contributed by atoms with Crippen LogP contribution in [0.1, 0.15) is 23.4 Å². The lowest BCUT2D eigenvalue weighted by Gasteiger charge is -2.14. The minimum absolute atomic E-state index is 0.0784. The monoisotopic (exact) mass is 381 g/mol. The molecule has 0 aliphatic carbocycles. The van der Waals surface area contributed by atoms with Crippen molar-refractivity contribution < 1.29 is 13.6 Å². The fraction of sp³-hybridized carbons (Fsp3) is 0.273. The first-order chi connectivity index (χ1) is 13.5. The molecule has 3 aromatic rings. The van der Waals surface area contributed by atoms with Gasteiger partial charge in [-0.15, -0.1) is 0 Å². The number of oxazole rings is 1. The second-order valence-corrected chi connectivity index (χ2v) is 6.88. The summed E-state index contributed by atoms with van der Waals surface area (Å²) >= 11 is 0. The average molecular weight is 381 g/mol. The molecule has 2 aromatic carbocycles. The first-order valence-electron chi connectivity index (χ1n) is 9.20. The van der Waals surface area contributed by atoms with E-state index in [2.05, 4.69) is 21.3 Å². The molecule has 1 heterocycles. The van der Waals surface area contributed by atoms with Gasteiger partial charge in [-0.25, -0.2) is 9.37 Å². The number of nitrogens with zero attached hydrogens (tertiary/aromatic N) is 2. The van der Waals surface area contributed by atoms with Gasteiger partial charge in [0.05, 0.1) is 11.8 Å². The summed E-state index contributed by atoms with van der Waals surface area (Å²) in [5, 5.41) is 2.94. The number of hydrogen-bond acceptors (Lipinski definition) is 4. The smallest absolute Gasteiger partial charge is 0.220 e. The summed E-state index contributed by atoms with van der Waals surface area (Å²) in [6.45, 7) is 1.30. The molecule has 1 amide bonds. The molecule has 5 nitrogen and oxygen atoms in total. The summed E-state index contributed by atoms with van der Waals surface area (Å²) in [6.07, 6.45) is 2.11. The van der Waals surface area contributed by atoms with E-state index in [-0.39, 0.29) is 18.1 Å². The topological polar surface area (TPSA) is 58.4 Å². The number of rotatable bonds is 8. The molecule has 6 heteroatoms. The van der Waals surface area contributed by atoms with E-state index in [1.54, 1.807) is 18.2 Å². The number of benzene rings is 2. The molecule has 0 saturated carbocycles. The van der Waals surface area contributed by atoms with Crippen LogP contribution in [-0.4, -0.2) is 29.9 Å². The number of carbonyl (C=O) groups excluding carboxylic acids is 1. The molecule has 0 aliphatic rings. The van der Waals surface area contributed by atoms with Gasteiger partial charge in [-0.3, -0.25) is 4.79 Å². The maximum Gasteiger partial charge on any atom is 0.220 e. The summed E-state index contributed by atoms with van der Waals surface area (Å²) in [6, 6.07) is 14.4. The Balaban J connectivity index is 1.52. The molecule has 0 unspecified atom stereocenters. The number of hydrogen-bond donors (Lipinski definition) is 1. The summed E-state index contributed by atoms with van der Waals surface area (Å²) < 4.78 is 19.4. The van der Waals surface area contributed by atoms with Gasteiger partial charge in [-0.05, 0) is 37.4 Å². The molecule has 1 aromatic heterocycles. The molecular weight excluding hydrogens is 357 g/mol. The molecule has 0 aliphatic heterocycles. The van der Waals surface area contributed by atoms with Gasteiger partial charge in [0.15, 0.2) is 11.7 Å². The third kappa shape index (κ3) is 5.27. The van der Waals surface area contributed by atoms with Crippen LogP contribution >= 0.6 is 0 Å². The van der Waals surface area contributed by atoms with Gasteiger partial charge < -0.3 is 14.6 Å². The maximum atomic E-state index is 13.8. The van der Waals surface area contributed by atoms with Crippen molar-refractivity contribution in [3.63, 3.8) is 0 Å². The van der Waals surface area contributed by atoms with Crippen molar-refractivity contribution in [2.75, 3.05) is 14.1 Å². The standard InChI is InChI=1S/C22H24FN3O2/c1-26(2)15-17-8-4-3-7-16(17)13-24-21(27)11-12-22-25-14-20(28-22)18-9-5-6-10-19(18)23/h3-10,14H,11-13,15H2,1-2H3,(H,24,27). The zero-order valence-corrected chi connectivity index (χ0v) is 16.1. The number of aromatic nitrogens is 1. The van der Waals surface area contributed by atoms with Gasteiger partial charge in [0.25, 0.3) is 0 Å². The Morgan fingerprint density at radius 3 is 2.57 bits per heavy atom. The largest absolute Gasteiger partial charge is 0.441 e. The lowest BCUT2D eigenvalue weighted by Crippen LogP contribution is -2.24. The lowest BCUT2D eigenvalue weighted by atomic mass is 10.1. The van der Waals surface area contributed by atoms with Crippen LogP contribution in [0.4, 0.5) is 4.39 Å². The van der Waals surface area contributed by atoms with Gasteiger partial charge in [0.2, 0.25) is 5.91 Å². The van der Waals surface area contributed by atoms with Crippen LogP contribution in [0.15, 0.2) is 59.1 Å². The third-order valence-electron chi connectivity index (χ3n) is 4.34. The van der Waals surface area contributed by atoms with Crippen molar-refractivity contribution >= 4 is 5.91 Å². The molecular formula is C22H24FN3O2. The highest BCUT2D eigenvalue weighted by molar-refractivity contribution is 5.76. The average Bonchev–Trinajstić information content (AvgIpc) is 3.14. The van der Waals surface area contributed by atoms with Crippen molar-refractivity contribution in [1.82, 2.24) is 15.2 Å². The second-order valence-electron chi connectivity index (χ2n) is 6.88. The fourth-order valence-corrected chi connectivity index (χ4v) is 2.94. The molecule has 28 heavy (non-hydrogen) atoms.